The predicted octanol–water partition coefficient (Wildman–Crippen LogP) is 2.45. The van der Waals surface area contributed by atoms with Gasteiger partial charge in [-0.05, 0) is 38.1 Å². The number of benzene rings is 1. The molecule has 0 saturated carbocycles. The largest absolute Gasteiger partial charge is 0.497 e. The minimum Gasteiger partial charge on any atom is -0.497 e. The van der Waals surface area contributed by atoms with Crippen molar-refractivity contribution in [3.05, 3.63) is 24.3 Å². The molecular weight excluding hydrogens is 218 g/mol. The van der Waals surface area contributed by atoms with Gasteiger partial charge in [0.25, 0.3) is 0 Å². The summed E-state index contributed by atoms with van der Waals surface area (Å²) in [5.74, 6) is 0.634. The van der Waals surface area contributed by atoms with Crippen LogP contribution in [-0.4, -0.2) is 25.7 Å². The molecule has 0 saturated heterocycles. The molecule has 0 radical (unpaired) electrons. The second-order valence-corrected chi connectivity index (χ2v) is 3.78. The monoisotopic (exact) mass is 237 g/mol. The smallest absolute Gasteiger partial charge is 0.307 e. The van der Waals surface area contributed by atoms with Crippen molar-refractivity contribution in [3.63, 3.8) is 0 Å². The Bertz CT molecular complexity index is 348. The van der Waals surface area contributed by atoms with Crippen LogP contribution in [-0.2, 0) is 9.53 Å². The van der Waals surface area contributed by atoms with E-state index in [9.17, 15) is 4.79 Å². The normalized spacial score (nSPS) is 11.7. The summed E-state index contributed by atoms with van der Waals surface area (Å²) in [4.78, 5) is 11.3. The fourth-order valence-electron chi connectivity index (χ4n) is 1.49. The molecule has 1 aromatic rings. The van der Waals surface area contributed by atoms with E-state index in [4.69, 9.17) is 9.47 Å². The van der Waals surface area contributed by atoms with E-state index in [0.717, 1.165) is 11.4 Å². The molecule has 0 heterocycles. The zero-order valence-electron chi connectivity index (χ0n) is 10.5. The third-order valence-corrected chi connectivity index (χ3v) is 2.28. The van der Waals surface area contributed by atoms with Crippen molar-refractivity contribution < 1.29 is 14.3 Å². The van der Waals surface area contributed by atoms with Gasteiger partial charge in [0, 0.05) is 11.7 Å². The summed E-state index contributed by atoms with van der Waals surface area (Å²) in [5.41, 5.74) is 0.961. The Kier molecular flexibility index (Phi) is 5.33. The highest BCUT2D eigenvalue weighted by molar-refractivity contribution is 5.70. The lowest BCUT2D eigenvalue weighted by Crippen LogP contribution is -2.20. The number of esters is 1. The number of ether oxygens (including phenoxy) is 2. The van der Waals surface area contributed by atoms with Gasteiger partial charge in [-0.1, -0.05) is 0 Å². The molecule has 1 atom stereocenters. The summed E-state index contributed by atoms with van der Waals surface area (Å²) in [7, 11) is 1.63. The lowest BCUT2D eigenvalue weighted by molar-refractivity contribution is -0.143. The van der Waals surface area contributed by atoms with Crippen molar-refractivity contribution in [2.45, 2.75) is 26.3 Å². The summed E-state index contributed by atoms with van der Waals surface area (Å²) >= 11 is 0. The van der Waals surface area contributed by atoms with Crippen LogP contribution in [0.5, 0.6) is 5.75 Å². The highest BCUT2D eigenvalue weighted by Gasteiger charge is 2.09. The van der Waals surface area contributed by atoms with Gasteiger partial charge in [-0.2, -0.15) is 0 Å². The first-order valence-corrected chi connectivity index (χ1v) is 5.72. The molecule has 1 unspecified atom stereocenters. The van der Waals surface area contributed by atoms with Crippen molar-refractivity contribution in [3.8, 4) is 5.75 Å². The second-order valence-electron chi connectivity index (χ2n) is 3.78. The molecule has 1 N–H and O–H groups in total. The number of hydrogen-bond donors (Lipinski definition) is 1. The molecule has 4 heteroatoms. The van der Waals surface area contributed by atoms with E-state index < -0.39 is 0 Å². The first-order chi connectivity index (χ1) is 8.15. The van der Waals surface area contributed by atoms with Crippen LogP contribution >= 0.6 is 0 Å². The topological polar surface area (TPSA) is 47.6 Å². The van der Waals surface area contributed by atoms with Gasteiger partial charge in [0.05, 0.1) is 20.1 Å². The van der Waals surface area contributed by atoms with Gasteiger partial charge in [0.1, 0.15) is 5.75 Å². The quantitative estimate of drug-likeness (QED) is 0.772. The Morgan fingerprint density at radius 1 is 1.35 bits per heavy atom. The third kappa shape index (κ3) is 4.76. The van der Waals surface area contributed by atoms with E-state index in [-0.39, 0.29) is 12.0 Å². The molecule has 0 amide bonds. The minimum atomic E-state index is -0.180. The van der Waals surface area contributed by atoms with Gasteiger partial charge in [-0.15, -0.1) is 0 Å². The lowest BCUT2D eigenvalue weighted by Gasteiger charge is -2.14. The Hall–Kier alpha value is -1.71. The Morgan fingerprint density at radius 2 is 2.00 bits per heavy atom. The first-order valence-electron chi connectivity index (χ1n) is 5.72. The van der Waals surface area contributed by atoms with E-state index in [1.165, 1.54) is 0 Å². The average molecular weight is 237 g/mol. The zero-order valence-corrected chi connectivity index (χ0v) is 10.5. The van der Waals surface area contributed by atoms with Crippen molar-refractivity contribution in [1.29, 1.82) is 0 Å². The Morgan fingerprint density at radius 3 is 2.53 bits per heavy atom. The number of nitrogens with one attached hydrogen (secondary N) is 1. The van der Waals surface area contributed by atoms with Crippen LogP contribution < -0.4 is 10.1 Å². The maximum atomic E-state index is 11.3. The number of rotatable bonds is 6. The molecule has 0 spiro atoms. The summed E-state index contributed by atoms with van der Waals surface area (Å²) in [6, 6.07) is 7.63. The maximum Gasteiger partial charge on any atom is 0.307 e. The predicted molar refractivity (Wildman–Crippen MR) is 67.3 cm³/mol. The molecule has 0 aliphatic rings. The van der Waals surface area contributed by atoms with E-state index in [1.54, 1.807) is 14.0 Å². The zero-order chi connectivity index (χ0) is 12.7. The standard InChI is InChI=1S/C13H19NO3/c1-4-17-13(15)9-10(2)14-11-5-7-12(16-3)8-6-11/h5-8,10,14H,4,9H2,1-3H3. The van der Waals surface area contributed by atoms with Crippen molar-refractivity contribution in [2.75, 3.05) is 19.0 Å². The van der Waals surface area contributed by atoms with Gasteiger partial charge in [0.2, 0.25) is 0 Å². The Balaban J connectivity index is 2.44. The molecule has 0 bridgehead atoms. The third-order valence-electron chi connectivity index (χ3n) is 2.28. The van der Waals surface area contributed by atoms with Crippen molar-refractivity contribution in [2.24, 2.45) is 0 Å². The number of carbonyl (C=O) groups is 1. The van der Waals surface area contributed by atoms with Crippen LogP contribution in [0.25, 0.3) is 0 Å². The fraction of sp³-hybridized carbons (Fsp3) is 0.462. The number of hydrogen-bond acceptors (Lipinski definition) is 4. The summed E-state index contributed by atoms with van der Waals surface area (Å²) < 4.78 is 9.96. The van der Waals surface area contributed by atoms with Crippen LogP contribution in [0.15, 0.2) is 24.3 Å². The highest BCUT2D eigenvalue weighted by Crippen LogP contribution is 2.16. The highest BCUT2D eigenvalue weighted by atomic mass is 16.5. The number of anilines is 1. The second kappa shape index (κ2) is 6.78. The molecule has 0 aromatic heterocycles. The van der Waals surface area contributed by atoms with Gasteiger partial charge >= 0.3 is 5.97 Å². The van der Waals surface area contributed by atoms with Crippen LogP contribution in [0.4, 0.5) is 5.69 Å². The van der Waals surface area contributed by atoms with Gasteiger partial charge in [0.15, 0.2) is 0 Å². The first kappa shape index (κ1) is 13.4. The van der Waals surface area contributed by atoms with Gasteiger partial charge < -0.3 is 14.8 Å². The average Bonchev–Trinajstić information content (AvgIpc) is 2.30. The van der Waals surface area contributed by atoms with E-state index in [1.807, 2.05) is 31.2 Å². The molecule has 17 heavy (non-hydrogen) atoms. The van der Waals surface area contributed by atoms with Crippen LogP contribution in [0.3, 0.4) is 0 Å². The van der Waals surface area contributed by atoms with Crippen LogP contribution in [0.1, 0.15) is 20.3 Å². The minimum absolute atomic E-state index is 0.0439. The SMILES string of the molecule is CCOC(=O)CC(C)Nc1ccc(OC)cc1. The molecule has 94 valence electrons. The van der Waals surface area contributed by atoms with Gasteiger partial charge in [-0.25, -0.2) is 0 Å². The molecule has 0 fully saturated rings. The van der Waals surface area contributed by atoms with E-state index in [2.05, 4.69) is 5.32 Å². The number of methoxy groups -OCH3 is 1. The molecular formula is C13H19NO3. The summed E-state index contributed by atoms with van der Waals surface area (Å²) in [6.45, 7) is 4.18. The van der Waals surface area contributed by atoms with E-state index in [0.29, 0.717) is 13.0 Å². The molecule has 1 rings (SSSR count). The number of carbonyl (C=O) groups excluding carboxylic acids is 1. The summed E-state index contributed by atoms with van der Waals surface area (Å²) in [6.07, 6.45) is 0.361. The van der Waals surface area contributed by atoms with Crippen LogP contribution in [0, 0.1) is 0 Å². The van der Waals surface area contributed by atoms with Gasteiger partial charge in [-0.3, -0.25) is 4.79 Å². The fourth-order valence-corrected chi connectivity index (χ4v) is 1.49. The Labute approximate surface area is 102 Å². The molecule has 1 aromatic carbocycles. The lowest BCUT2D eigenvalue weighted by atomic mass is 10.2. The molecule has 0 aliphatic heterocycles. The molecule has 4 nitrogen and oxygen atoms in total. The maximum absolute atomic E-state index is 11.3. The van der Waals surface area contributed by atoms with E-state index >= 15 is 0 Å². The van der Waals surface area contributed by atoms with Crippen molar-refractivity contribution in [1.82, 2.24) is 0 Å². The van der Waals surface area contributed by atoms with Crippen molar-refractivity contribution >= 4 is 11.7 Å². The van der Waals surface area contributed by atoms with Crippen LogP contribution in [0.2, 0.25) is 0 Å². The summed E-state index contributed by atoms with van der Waals surface area (Å²) in [5, 5.41) is 3.23. The molecule has 0 aliphatic carbocycles.